The molecule has 0 rings (SSSR count). The van der Waals surface area contributed by atoms with E-state index in [9.17, 15) is 0 Å². The zero-order chi connectivity index (χ0) is 9.00. The summed E-state index contributed by atoms with van der Waals surface area (Å²) in [5.41, 5.74) is -2.44. The minimum atomic E-state index is -1.22. The normalized spacial score (nSPS) is 10.9. The molecule has 11 heavy (non-hydrogen) atoms. The summed E-state index contributed by atoms with van der Waals surface area (Å²) in [7, 11) is 0. The first-order valence-electron chi connectivity index (χ1n) is 2.52. The van der Waals surface area contributed by atoms with Gasteiger partial charge in [-0.05, 0) is 0 Å². The van der Waals surface area contributed by atoms with Gasteiger partial charge in [-0.2, -0.15) is 0 Å². The first-order chi connectivity index (χ1) is 4.00. The van der Waals surface area contributed by atoms with Gasteiger partial charge in [0.1, 0.15) is 0 Å². The Morgan fingerprint density at radius 3 is 0.636 bits per heavy atom. The van der Waals surface area contributed by atoms with Crippen molar-refractivity contribution in [1.29, 1.82) is 0 Å². The summed E-state index contributed by atoms with van der Waals surface area (Å²) >= 11 is 19.0. The van der Waals surface area contributed by atoms with Crippen LogP contribution in [0.4, 0.5) is 0 Å². The van der Waals surface area contributed by atoms with Crippen LogP contribution in [0.5, 0.6) is 0 Å². The molecule has 0 fully saturated rings. The molecule has 0 unspecified atom stereocenters. The van der Waals surface area contributed by atoms with Gasteiger partial charge in [-0.3, -0.25) is 0 Å². The molecule has 0 bridgehead atoms. The van der Waals surface area contributed by atoms with Gasteiger partial charge in [-0.15, -0.1) is 0 Å². The molecule has 0 atom stereocenters. The van der Waals surface area contributed by atoms with Gasteiger partial charge in [-0.1, -0.05) is 0 Å². The van der Waals surface area contributed by atoms with Crippen molar-refractivity contribution in [3.8, 4) is 0 Å². The molecule has 0 aromatic carbocycles. The van der Waals surface area contributed by atoms with E-state index in [0.29, 0.717) is 0 Å². The monoisotopic (exact) mass is 309 g/mol. The molecule has 7 heteroatoms. The van der Waals surface area contributed by atoms with Gasteiger partial charge < -0.3 is 49.0 Å². The van der Waals surface area contributed by atoms with E-state index in [2.05, 4.69) is 0 Å². The van der Waals surface area contributed by atoms with Gasteiger partial charge in [0.15, 0.2) is 0 Å². The van der Waals surface area contributed by atoms with Gasteiger partial charge >= 0.3 is 0 Å². The first kappa shape index (κ1) is 19.4. The minimum Gasteiger partial charge on any atom is -0.579 e. The quantitative estimate of drug-likeness (QED) is 0.497. The second-order valence-electron chi connectivity index (χ2n) is 2.50. The Morgan fingerprint density at radius 2 is 0.636 bits per heavy atom. The van der Waals surface area contributed by atoms with E-state index in [1.807, 2.05) is 26.7 Å². The minimum absolute atomic E-state index is 0. The molecule has 0 amide bonds. The van der Waals surface area contributed by atoms with Gasteiger partial charge in [0, 0.05) is 43.4 Å². The zero-order valence-electron chi connectivity index (χ0n) is 6.86. The molecular formula is C4H12CoP2S4-2. The summed E-state index contributed by atoms with van der Waals surface area (Å²) in [5, 5.41) is 0. The van der Waals surface area contributed by atoms with Crippen molar-refractivity contribution in [3.05, 3.63) is 0 Å². The predicted molar refractivity (Wildman–Crippen MR) is 67.0 cm³/mol. The third-order valence-corrected chi connectivity index (χ3v) is 0. The standard InChI is InChI=1S/2C2H7PS2.Co/c2*1-3(2,4)5;/h2*1-2H3,(H,4,5);/p-2. The summed E-state index contributed by atoms with van der Waals surface area (Å²) in [6.45, 7) is 7.71. The molecular weight excluding hydrogens is 297 g/mol. The van der Waals surface area contributed by atoms with Crippen LogP contribution < -0.4 is 0 Å². The Morgan fingerprint density at radius 1 is 0.636 bits per heavy atom. The second kappa shape index (κ2) is 8.11. The molecule has 0 aliphatic carbocycles. The van der Waals surface area contributed by atoms with Crippen LogP contribution in [-0.4, -0.2) is 26.7 Å². The maximum absolute atomic E-state index is 4.75. The van der Waals surface area contributed by atoms with Crippen molar-refractivity contribution >= 4 is 60.3 Å². The van der Waals surface area contributed by atoms with Crippen molar-refractivity contribution in [2.75, 3.05) is 26.7 Å². The van der Waals surface area contributed by atoms with Crippen molar-refractivity contribution in [1.82, 2.24) is 0 Å². The third kappa shape index (κ3) is 193. The number of hydrogen-bond donors (Lipinski definition) is 0. The summed E-state index contributed by atoms with van der Waals surface area (Å²) in [6, 6.07) is 0. The fourth-order valence-corrected chi connectivity index (χ4v) is 0. The topological polar surface area (TPSA) is 0 Å². The molecule has 0 saturated heterocycles. The third-order valence-electron chi connectivity index (χ3n) is 0. The van der Waals surface area contributed by atoms with Gasteiger partial charge in [-0.25, -0.2) is 11.3 Å². The molecule has 0 nitrogen and oxygen atoms in total. The van der Waals surface area contributed by atoms with Crippen LogP contribution in [-0.2, 0) is 65.8 Å². The molecule has 73 valence electrons. The Kier molecular flexibility index (Phi) is 14.3. The fraction of sp³-hybridized carbons (Fsp3) is 1.00. The molecule has 0 aromatic rings. The summed E-state index contributed by atoms with van der Waals surface area (Å²) in [6.07, 6.45) is 0. The van der Waals surface area contributed by atoms with E-state index >= 15 is 0 Å². The summed E-state index contributed by atoms with van der Waals surface area (Å²) in [4.78, 5) is 0. The maximum atomic E-state index is 4.75. The van der Waals surface area contributed by atoms with E-state index in [0.717, 1.165) is 0 Å². The Labute approximate surface area is 103 Å². The fourth-order valence-electron chi connectivity index (χ4n) is 0. The van der Waals surface area contributed by atoms with E-state index < -0.39 is 11.3 Å². The summed E-state index contributed by atoms with van der Waals surface area (Å²) in [5.74, 6) is 0. The van der Waals surface area contributed by atoms with Crippen molar-refractivity contribution < 1.29 is 16.8 Å². The van der Waals surface area contributed by atoms with Crippen LogP contribution in [0.15, 0.2) is 0 Å². The maximum Gasteiger partial charge on any atom is 0.00930 e. The van der Waals surface area contributed by atoms with Crippen LogP contribution >= 0.6 is 11.3 Å². The second-order valence-corrected chi connectivity index (χ2v) is 19.9. The molecule has 0 aliphatic rings. The van der Waals surface area contributed by atoms with Crippen LogP contribution in [0.25, 0.3) is 0 Å². The Balaban J connectivity index is -0.000000107. The molecule has 0 N–H and O–H groups in total. The molecule has 0 heterocycles. The molecule has 1 radical (unpaired) electrons. The van der Waals surface area contributed by atoms with Crippen molar-refractivity contribution in [3.63, 3.8) is 0 Å². The Bertz CT molecular complexity index is 63.1. The van der Waals surface area contributed by atoms with Gasteiger partial charge in [0.25, 0.3) is 0 Å². The van der Waals surface area contributed by atoms with Crippen LogP contribution in [0.1, 0.15) is 0 Å². The molecule has 0 aromatic heterocycles. The molecule has 0 aliphatic heterocycles. The predicted octanol–water partition coefficient (Wildman–Crippen LogP) is 2.37. The van der Waals surface area contributed by atoms with Crippen LogP contribution in [0, 0.1) is 0 Å². The average Bonchev–Trinajstić information content (AvgIpc) is 1.12. The van der Waals surface area contributed by atoms with Gasteiger partial charge in [0.05, 0.1) is 0 Å². The van der Waals surface area contributed by atoms with E-state index in [4.69, 9.17) is 49.0 Å². The first-order valence-corrected chi connectivity index (χ1v) is 11.9. The van der Waals surface area contributed by atoms with E-state index in [1.54, 1.807) is 0 Å². The number of hydrogen-bond acceptors (Lipinski definition) is 4. The van der Waals surface area contributed by atoms with Crippen molar-refractivity contribution in [2.45, 2.75) is 0 Å². The molecule has 0 spiro atoms. The number of rotatable bonds is 0. The summed E-state index contributed by atoms with van der Waals surface area (Å²) < 4.78 is 0. The largest absolute Gasteiger partial charge is 0.579 e. The average molecular weight is 309 g/mol. The van der Waals surface area contributed by atoms with Crippen molar-refractivity contribution in [2.24, 2.45) is 0 Å². The van der Waals surface area contributed by atoms with Crippen LogP contribution in [0.3, 0.4) is 0 Å². The zero-order valence-corrected chi connectivity index (χ0v) is 13.0. The smallest absolute Gasteiger partial charge is 0.00930 e. The molecule has 0 saturated carbocycles. The SMILES string of the molecule is C[P+](C)([S-])[S-].C[P+](C)([S-])[S-].[Co]. The van der Waals surface area contributed by atoms with E-state index in [1.165, 1.54) is 0 Å². The van der Waals surface area contributed by atoms with Gasteiger partial charge in [0.2, 0.25) is 0 Å². The van der Waals surface area contributed by atoms with E-state index in [-0.39, 0.29) is 16.8 Å². The Hall–Kier alpha value is 2.77. The van der Waals surface area contributed by atoms with Crippen LogP contribution in [0.2, 0.25) is 0 Å².